The van der Waals surface area contributed by atoms with Crippen molar-refractivity contribution in [3.05, 3.63) is 76.1 Å². The molecule has 0 heterocycles. The van der Waals surface area contributed by atoms with Crippen LogP contribution in [0.2, 0.25) is 5.02 Å². The van der Waals surface area contributed by atoms with E-state index in [4.69, 9.17) is 11.6 Å². The highest BCUT2D eigenvalue weighted by Crippen LogP contribution is 2.47. The molecule has 2 aromatic rings. The first-order valence-corrected chi connectivity index (χ1v) is 9.37. The van der Waals surface area contributed by atoms with Crippen molar-refractivity contribution in [1.82, 2.24) is 4.90 Å². The summed E-state index contributed by atoms with van der Waals surface area (Å²) < 4.78 is 13.7. The number of nitrogens with zero attached hydrogens (tertiary/aromatic N) is 1. The molecule has 2 atom stereocenters. The van der Waals surface area contributed by atoms with E-state index >= 15 is 0 Å². The van der Waals surface area contributed by atoms with Crippen molar-refractivity contribution in [2.24, 2.45) is 5.92 Å². The fourth-order valence-corrected chi connectivity index (χ4v) is 4.13. The van der Waals surface area contributed by atoms with Crippen molar-refractivity contribution >= 4 is 17.7 Å². The summed E-state index contributed by atoms with van der Waals surface area (Å²) in [7, 11) is 4.01. The Labute approximate surface area is 159 Å². The fraction of sp³-hybridized carbons (Fsp3) is 0.364. The van der Waals surface area contributed by atoms with E-state index in [1.165, 1.54) is 6.07 Å². The summed E-state index contributed by atoms with van der Waals surface area (Å²) in [5.74, 6) is -0.449. The van der Waals surface area contributed by atoms with Gasteiger partial charge in [0, 0.05) is 12.5 Å². The van der Waals surface area contributed by atoms with Gasteiger partial charge in [-0.15, -0.1) is 0 Å². The maximum absolute atomic E-state index is 13.7. The van der Waals surface area contributed by atoms with Gasteiger partial charge in [-0.1, -0.05) is 54.1 Å². The number of rotatable bonds is 4. The summed E-state index contributed by atoms with van der Waals surface area (Å²) in [6, 6.07) is 14.6. The minimum atomic E-state index is -1.16. The Morgan fingerprint density at radius 3 is 2.62 bits per heavy atom. The van der Waals surface area contributed by atoms with Crippen molar-refractivity contribution in [3.8, 4) is 0 Å². The van der Waals surface area contributed by atoms with Gasteiger partial charge in [0.15, 0.2) is 0 Å². The lowest BCUT2D eigenvalue weighted by molar-refractivity contribution is -0.0174. The topological polar surface area (TPSA) is 23.5 Å². The van der Waals surface area contributed by atoms with Crippen LogP contribution in [0.4, 0.5) is 4.39 Å². The Bertz CT molecular complexity index is 790. The van der Waals surface area contributed by atoms with Crippen LogP contribution >= 0.6 is 11.6 Å². The molecule has 138 valence electrons. The Morgan fingerprint density at radius 1 is 1.23 bits per heavy atom. The second-order valence-corrected chi connectivity index (χ2v) is 7.73. The summed E-state index contributed by atoms with van der Waals surface area (Å²) in [4.78, 5) is 2.09. The van der Waals surface area contributed by atoms with Crippen LogP contribution in [0.3, 0.4) is 0 Å². The Balaban J connectivity index is 2.12. The van der Waals surface area contributed by atoms with Gasteiger partial charge in [0.1, 0.15) is 11.4 Å². The molecule has 0 amide bonds. The summed E-state index contributed by atoms with van der Waals surface area (Å²) in [6.45, 7) is 0.748. The molecular formula is C22H25ClFNO. The highest BCUT2D eigenvalue weighted by molar-refractivity contribution is 6.30. The Kier molecular flexibility index (Phi) is 5.81. The van der Waals surface area contributed by atoms with E-state index < -0.39 is 11.4 Å². The van der Waals surface area contributed by atoms with Gasteiger partial charge in [-0.05, 0) is 62.2 Å². The minimum absolute atomic E-state index is 0.0164. The molecule has 1 N–H and O–H groups in total. The number of halogens is 2. The molecule has 26 heavy (non-hydrogen) atoms. The molecule has 2 nitrogen and oxygen atoms in total. The van der Waals surface area contributed by atoms with Crippen LogP contribution in [-0.2, 0) is 5.60 Å². The predicted octanol–water partition coefficient (Wildman–Crippen LogP) is 5.11. The van der Waals surface area contributed by atoms with Gasteiger partial charge in [-0.25, -0.2) is 4.39 Å². The first kappa shape index (κ1) is 19.1. The average Bonchev–Trinajstić information content (AvgIpc) is 2.61. The number of aliphatic hydroxyl groups is 1. The molecule has 0 saturated heterocycles. The largest absolute Gasteiger partial charge is 0.380 e. The van der Waals surface area contributed by atoms with E-state index in [-0.39, 0.29) is 10.9 Å². The van der Waals surface area contributed by atoms with Crippen LogP contribution in [0.1, 0.15) is 30.4 Å². The predicted molar refractivity (Wildman–Crippen MR) is 106 cm³/mol. The highest BCUT2D eigenvalue weighted by atomic mass is 35.5. The smallest absolute Gasteiger partial charge is 0.141 e. The zero-order valence-corrected chi connectivity index (χ0v) is 16.0. The lowest BCUT2D eigenvalue weighted by Gasteiger charge is -2.44. The van der Waals surface area contributed by atoms with Crippen molar-refractivity contribution in [1.29, 1.82) is 0 Å². The lowest BCUT2D eigenvalue weighted by Crippen LogP contribution is -2.44. The van der Waals surface area contributed by atoms with Crippen LogP contribution in [0.15, 0.2) is 54.1 Å². The van der Waals surface area contributed by atoms with Crippen LogP contribution < -0.4 is 0 Å². The molecule has 0 radical (unpaired) electrons. The molecule has 0 spiro atoms. The minimum Gasteiger partial charge on any atom is -0.380 e. The van der Waals surface area contributed by atoms with Crippen molar-refractivity contribution in [3.63, 3.8) is 0 Å². The molecule has 3 rings (SSSR count). The number of benzene rings is 2. The van der Waals surface area contributed by atoms with Gasteiger partial charge in [0.05, 0.1) is 5.02 Å². The van der Waals surface area contributed by atoms with E-state index in [0.29, 0.717) is 5.56 Å². The fourth-order valence-electron chi connectivity index (χ4n) is 3.95. The van der Waals surface area contributed by atoms with Crippen molar-refractivity contribution in [2.45, 2.75) is 24.9 Å². The zero-order chi connectivity index (χ0) is 18.7. The molecule has 4 heteroatoms. The summed E-state index contributed by atoms with van der Waals surface area (Å²) >= 11 is 6.04. The zero-order valence-electron chi connectivity index (χ0n) is 15.3. The molecule has 0 bridgehead atoms. The third-order valence-corrected chi connectivity index (χ3v) is 5.45. The molecule has 1 fully saturated rings. The van der Waals surface area contributed by atoms with E-state index in [9.17, 15) is 9.50 Å². The second kappa shape index (κ2) is 7.91. The van der Waals surface area contributed by atoms with Crippen LogP contribution in [0.5, 0.6) is 0 Å². The monoisotopic (exact) mass is 373 g/mol. The summed E-state index contributed by atoms with van der Waals surface area (Å²) in [5.41, 5.74) is 1.53. The summed E-state index contributed by atoms with van der Waals surface area (Å²) in [6.07, 6.45) is 4.81. The van der Waals surface area contributed by atoms with Gasteiger partial charge < -0.3 is 10.0 Å². The van der Waals surface area contributed by atoms with Crippen LogP contribution in [0.25, 0.3) is 6.08 Å². The average molecular weight is 374 g/mol. The van der Waals surface area contributed by atoms with Crippen molar-refractivity contribution in [2.75, 3.05) is 20.6 Å². The van der Waals surface area contributed by atoms with Gasteiger partial charge in [-0.3, -0.25) is 0 Å². The molecule has 0 aromatic heterocycles. The standard InChI is InChI=1S/C22H25ClFNO/c1-25(2)15-19-10-6-9-17(13-16-7-4-3-5-8-16)22(19,26)18-11-12-21(24)20(23)14-18/h3-5,7-8,11-14,19,26H,6,9-10,15H2,1-2H3/b17-13-. The van der Waals surface area contributed by atoms with E-state index in [1.807, 2.05) is 44.4 Å². The van der Waals surface area contributed by atoms with Crippen molar-refractivity contribution < 1.29 is 9.50 Å². The van der Waals surface area contributed by atoms with Crippen LogP contribution in [-0.4, -0.2) is 30.6 Å². The highest BCUT2D eigenvalue weighted by Gasteiger charge is 2.44. The quantitative estimate of drug-likeness (QED) is 0.804. The maximum atomic E-state index is 13.7. The molecule has 2 aromatic carbocycles. The Morgan fingerprint density at radius 2 is 1.96 bits per heavy atom. The normalized spacial score (nSPS) is 25.0. The molecule has 2 unspecified atom stereocenters. The van der Waals surface area contributed by atoms with Gasteiger partial charge >= 0.3 is 0 Å². The van der Waals surface area contributed by atoms with Gasteiger partial charge in [0.2, 0.25) is 0 Å². The SMILES string of the molecule is CN(C)CC1CCC/C(=C/c2ccccc2)C1(O)c1ccc(F)c(Cl)c1. The maximum Gasteiger partial charge on any atom is 0.141 e. The summed E-state index contributed by atoms with van der Waals surface area (Å²) in [5, 5.41) is 12.0. The van der Waals surface area contributed by atoms with Crippen LogP contribution in [0, 0.1) is 11.7 Å². The number of hydrogen-bond acceptors (Lipinski definition) is 2. The second-order valence-electron chi connectivity index (χ2n) is 7.33. The van der Waals surface area contributed by atoms with Gasteiger partial charge in [0.25, 0.3) is 0 Å². The third kappa shape index (κ3) is 3.85. The first-order valence-electron chi connectivity index (χ1n) is 9.00. The molecule has 0 aliphatic heterocycles. The van der Waals surface area contributed by atoms with Gasteiger partial charge in [-0.2, -0.15) is 0 Å². The lowest BCUT2D eigenvalue weighted by atomic mass is 9.67. The van der Waals surface area contributed by atoms with E-state index in [2.05, 4.69) is 11.0 Å². The number of hydrogen-bond donors (Lipinski definition) is 1. The van der Waals surface area contributed by atoms with E-state index in [1.54, 1.807) is 12.1 Å². The Hall–Kier alpha value is -1.68. The molecule has 1 saturated carbocycles. The molecular weight excluding hydrogens is 349 g/mol. The van der Waals surface area contributed by atoms with E-state index in [0.717, 1.165) is 36.9 Å². The molecule has 1 aliphatic carbocycles. The first-order chi connectivity index (χ1) is 12.4. The third-order valence-electron chi connectivity index (χ3n) is 5.16. The molecule has 1 aliphatic rings.